The zero-order valence-corrected chi connectivity index (χ0v) is 8.97. The van der Waals surface area contributed by atoms with Crippen molar-refractivity contribution in [1.29, 1.82) is 0 Å². The number of H-pyrrole nitrogens is 1. The summed E-state index contributed by atoms with van der Waals surface area (Å²) < 4.78 is 0. The first-order valence-electron chi connectivity index (χ1n) is 6.11. The number of aromatic amines is 1. The highest BCUT2D eigenvalue weighted by molar-refractivity contribution is 5.44. The standard InChI is InChI=1S/C12H17N3/c13-12(6-7-12)11(4-5-11)10-8-2-1-3-9(8)14-15-10/h1-7,13H2,(H,14,15). The first-order valence-corrected chi connectivity index (χ1v) is 6.11. The number of fused-ring (bicyclic) bond motifs is 1. The van der Waals surface area contributed by atoms with E-state index in [9.17, 15) is 0 Å². The second-order valence-corrected chi connectivity index (χ2v) is 5.62. The molecule has 15 heavy (non-hydrogen) atoms. The third-order valence-corrected chi connectivity index (χ3v) is 4.75. The summed E-state index contributed by atoms with van der Waals surface area (Å²) in [4.78, 5) is 0. The van der Waals surface area contributed by atoms with E-state index in [0.29, 0.717) is 0 Å². The lowest BCUT2D eigenvalue weighted by Gasteiger charge is -2.21. The van der Waals surface area contributed by atoms with Gasteiger partial charge in [0.05, 0.1) is 5.69 Å². The molecule has 1 aromatic heterocycles. The fourth-order valence-corrected chi connectivity index (χ4v) is 3.42. The van der Waals surface area contributed by atoms with Crippen molar-refractivity contribution in [2.45, 2.75) is 55.9 Å². The summed E-state index contributed by atoms with van der Waals surface area (Å²) in [7, 11) is 0. The quantitative estimate of drug-likeness (QED) is 0.763. The van der Waals surface area contributed by atoms with E-state index in [1.807, 2.05) is 0 Å². The van der Waals surface area contributed by atoms with Gasteiger partial charge in [0.25, 0.3) is 0 Å². The monoisotopic (exact) mass is 203 g/mol. The van der Waals surface area contributed by atoms with E-state index in [1.54, 1.807) is 0 Å². The smallest absolute Gasteiger partial charge is 0.0736 e. The summed E-state index contributed by atoms with van der Waals surface area (Å²) in [6.45, 7) is 0. The van der Waals surface area contributed by atoms with Crippen molar-refractivity contribution in [3.63, 3.8) is 0 Å². The fraction of sp³-hybridized carbons (Fsp3) is 0.750. The van der Waals surface area contributed by atoms with Crippen LogP contribution in [0, 0.1) is 0 Å². The van der Waals surface area contributed by atoms with Gasteiger partial charge in [0.1, 0.15) is 0 Å². The Morgan fingerprint density at radius 2 is 1.93 bits per heavy atom. The van der Waals surface area contributed by atoms with E-state index in [2.05, 4.69) is 10.2 Å². The summed E-state index contributed by atoms with van der Waals surface area (Å²) in [5.74, 6) is 0. The minimum Gasteiger partial charge on any atom is -0.324 e. The van der Waals surface area contributed by atoms with Gasteiger partial charge in [-0.2, -0.15) is 5.10 Å². The molecule has 1 heterocycles. The van der Waals surface area contributed by atoms with Gasteiger partial charge in [-0.25, -0.2) is 0 Å². The predicted octanol–water partition coefficient (Wildman–Crippen LogP) is 1.42. The van der Waals surface area contributed by atoms with E-state index in [-0.39, 0.29) is 11.0 Å². The molecular formula is C12H17N3. The van der Waals surface area contributed by atoms with Crippen molar-refractivity contribution in [1.82, 2.24) is 10.2 Å². The molecule has 3 N–H and O–H groups in total. The lowest BCUT2D eigenvalue weighted by Crippen LogP contribution is -2.38. The zero-order valence-electron chi connectivity index (χ0n) is 8.97. The summed E-state index contributed by atoms with van der Waals surface area (Å²) in [6.07, 6.45) is 8.64. The average molecular weight is 203 g/mol. The second kappa shape index (κ2) is 2.29. The predicted molar refractivity (Wildman–Crippen MR) is 57.7 cm³/mol. The molecule has 0 atom stereocenters. The van der Waals surface area contributed by atoms with Crippen molar-refractivity contribution in [3.05, 3.63) is 17.0 Å². The molecule has 0 radical (unpaired) electrons. The summed E-state index contributed by atoms with van der Waals surface area (Å²) in [5.41, 5.74) is 11.1. The lowest BCUT2D eigenvalue weighted by molar-refractivity contribution is 0.486. The van der Waals surface area contributed by atoms with Crippen LogP contribution in [0.4, 0.5) is 0 Å². The maximum absolute atomic E-state index is 6.42. The van der Waals surface area contributed by atoms with E-state index in [1.165, 1.54) is 61.9 Å². The molecule has 0 saturated heterocycles. The van der Waals surface area contributed by atoms with Gasteiger partial charge in [-0.1, -0.05) is 0 Å². The van der Waals surface area contributed by atoms with Crippen LogP contribution in [0.2, 0.25) is 0 Å². The van der Waals surface area contributed by atoms with E-state index >= 15 is 0 Å². The molecular weight excluding hydrogens is 186 g/mol. The number of nitrogens with one attached hydrogen (secondary N) is 1. The third-order valence-electron chi connectivity index (χ3n) is 4.75. The Labute approximate surface area is 89.4 Å². The van der Waals surface area contributed by atoms with Gasteiger partial charge in [0.15, 0.2) is 0 Å². The number of hydrogen-bond acceptors (Lipinski definition) is 2. The molecule has 3 aliphatic rings. The number of aryl methyl sites for hydroxylation is 1. The van der Waals surface area contributed by atoms with Crippen LogP contribution in [-0.2, 0) is 18.3 Å². The van der Waals surface area contributed by atoms with Crippen LogP contribution in [-0.4, -0.2) is 15.7 Å². The molecule has 0 spiro atoms. The zero-order chi connectivity index (χ0) is 10.1. The number of nitrogens with zero attached hydrogens (tertiary/aromatic N) is 1. The van der Waals surface area contributed by atoms with Crippen molar-refractivity contribution < 1.29 is 0 Å². The normalized spacial score (nSPS) is 28.9. The Kier molecular flexibility index (Phi) is 1.27. The first-order chi connectivity index (χ1) is 7.25. The largest absolute Gasteiger partial charge is 0.324 e. The maximum Gasteiger partial charge on any atom is 0.0736 e. The van der Waals surface area contributed by atoms with Gasteiger partial charge in [0.2, 0.25) is 0 Å². The fourth-order valence-electron chi connectivity index (χ4n) is 3.42. The van der Waals surface area contributed by atoms with Gasteiger partial charge < -0.3 is 5.73 Å². The summed E-state index contributed by atoms with van der Waals surface area (Å²) in [5, 5.41) is 7.80. The topological polar surface area (TPSA) is 54.7 Å². The van der Waals surface area contributed by atoms with Crippen LogP contribution in [0.25, 0.3) is 0 Å². The van der Waals surface area contributed by atoms with Crippen molar-refractivity contribution in [2.75, 3.05) is 0 Å². The van der Waals surface area contributed by atoms with Crippen molar-refractivity contribution >= 4 is 0 Å². The molecule has 0 unspecified atom stereocenters. The minimum absolute atomic E-state index is 0.110. The Balaban J connectivity index is 1.83. The van der Waals surface area contributed by atoms with Gasteiger partial charge >= 0.3 is 0 Å². The van der Waals surface area contributed by atoms with E-state index < -0.39 is 0 Å². The molecule has 0 bridgehead atoms. The average Bonchev–Trinajstić information content (AvgIpc) is 3.07. The maximum atomic E-state index is 6.42. The van der Waals surface area contributed by atoms with Crippen molar-refractivity contribution in [2.24, 2.45) is 5.73 Å². The highest BCUT2D eigenvalue weighted by Gasteiger charge is 2.66. The Hall–Kier alpha value is -0.830. The van der Waals surface area contributed by atoms with Gasteiger partial charge in [-0.05, 0) is 50.5 Å². The highest BCUT2D eigenvalue weighted by atomic mass is 15.1. The number of aromatic nitrogens is 2. The molecule has 3 aliphatic carbocycles. The summed E-state index contributed by atoms with van der Waals surface area (Å²) in [6, 6.07) is 0. The van der Waals surface area contributed by atoms with E-state index in [0.717, 1.165) is 0 Å². The number of rotatable bonds is 2. The van der Waals surface area contributed by atoms with Gasteiger partial charge in [-0.15, -0.1) is 0 Å². The lowest BCUT2D eigenvalue weighted by atomic mass is 9.88. The molecule has 2 fully saturated rings. The molecule has 3 nitrogen and oxygen atoms in total. The van der Waals surface area contributed by atoms with Crippen LogP contribution in [0.3, 0.4) is 0 Å². The Bertz CT molecular complexity index is 424. The first kappa shape index (κ1) is 8.34. The van der Waals surface area contributed by atoms with Crippen LogP contribution in [0.1, 0.15) is 49.1 Å². The molecule has 2 saturated carbocycles. The molecule has 0 aromatic carbocycles. The SMILES string of the molecule is NC1(C2(c3n[nH]c4c3CCC4)CC2)CC1. The van der Waals surface area contributed by atoms with E-state index in [4.69, 9.17) is 5.73 Å². The third kappa shape index (κ3) is 0.882. The molecule has 4 rings (SSSR count). The van der Waals surface area contributed by atoms with Crippen LogP contribution >= 0.6 is 0 Å². The second-order valence-electron chi connectivity index (χ2n) is 5.62. The minimum atomic E-state index is 0.110. The highest BCUT2D eigenvalue weighted by Crippen LogP contribution is 2.64. The van der Waals surface area contributed by atoms with Gasteiger partial charge in [-0.3, -0.25) is 5.10 Å². The van der Waals surface area contributed by atoms with Gasteiger partial charge in [0, 0.05) is 16.6 Å². The molecule has 0 aliphatic heterocycles. The van der Waals surface area contributed by atoms with Crippen LogP contribution in [0.15, 0.2) is 0 Å². The van der Waals surface area contributed by atoms with Crippen molar-refractivity contribution in [3.8, 4) is 0 Å². The Morgan fingerprint density at radius 1 is 1.13 bits per heavy atom. The molecule has 0 amide bonds. The number of hydrogen-bond donors (Lipinski definition) is 2. The summed E-state index contributed by atoms with van der Waals surface area (Å²) >= 11 is 0. The number of nitrogens with two attached hydrogens (primary N) is 1. The van der Waals surface area contributed by atoms with Crippen LogP contribution < -0.4 is 5.73 Å². The van der Waals surface area contributed by atoms with Crippen LogP contribution in [0.5, 0.6) is 0 Å². The molecule has 3 heteroatoms. The molecule has 1 aromatic rings. The molecule has 80 valence electrons. The Morgan fingerprint density at radius 3 is 2.60 bits per heavy atom.